The first kappa shape index (κ1) is 14.2. The van der Waals surface area contributed by atoms with Crippen molar-refractivity contribution < 1.29 is 9.18 Å². The van der Waals surface area contributed by atoms with Gasteiger partial charge in [0.25, 0.3) is 5.91 Å². The Morgan fingerprint density at radius 3 is 2.59 bits per heavy atom. The molecule has 0 aromatic heterocycles. The Bertz CT molecular complexity index is 381. The Hall–Kier alpha value is -0.900. The lowest BCUT2D eigenvalue weighted by Gasteiger charge is -2.26. The van der Waals surface area contributed by atoms with Crippen molar-refractivity contribution in [2.45, 2.75) is 26.3 Å². The Morgan fingerprint density at radius 2 is 2.06 bits per heavy atom. The summed E-state index contributed by atoms with van der Waals surface area (Å²) < 4.78 is 13.5. The van der Waals surface area contributed by atoms with Crippen LogP contribution < -0.4 is 0 Å². The molecule has 0 N–H and O–H groups in total. The van der Waals surface area contributed by atoms with Gasteiger partial charge in [0.05, 0.1) is 5.56 Å². The molecule has 0 unspecified atom stereocenters. The third-order valence-electron chi connectivity index (χ3n) is 2.52. The fourth-order valence-electron chi connectivity index (χ4n) is 1.61. The molecule has 1 rings (SSSR count). The Balaban J connectivity index is 2.88. The highest BCUT2D eigenvalue weighted by Gasteiger charge is 2.20. The Labute approximate surface area is 110 Å². The van der Waals surface area contributed by atoms with E-state index < -0.39 is 5.82 Å². The Kier molecular flexibility index (Phi) is 5.62. The van der Waals surface area contributed by atoms with Gasteiger partial charge in [-0.3, -0.25) is 4.79 Å². The lowest BCUT2D eigenvalue weighted by atomic mass is 10.1. The van der Waals surface area contributed by atoms with Gasteiger partial charge in [-0.1, -0.05) is 28.1 Å². The van der Waals surface area contributed by atoms with Gasteiger partial charge < -0.3 is 4.90 Å². The number of amides is 1. The summed E-state index contributed by atoms with van der Waals surface area (Å²) in [5.41, 5.74) is 0.149. The molecule has 17 heavy (non-hydrogen) atoms. The Morgan fingerprint density at radius 1 is 1.41 bits per heavy atom. The van der Waals surface area contributed by atoms with Gasteiger partial charge in [-0.15, -0.1) is 0 Å². The van der Waals surface area contributed by atoms with Crippen molar-refractivity contribution in [2.24, 2.45) is 0 Å². The molecule has 0 radical (unpaired) electrons. The van der Waals surface area contributed by atoms with Crippen LogP contribution >= 0.6 is 15.9 Å². The maximum absolute atomic E-state index is 13.5. The molecule has 1 aromatic rings. The van der Waals surface area contributed by atoms with Crippen molar-refractivity contribution in [1.29, 1.82) is 0 Å². The van der Waals surface area contributed by atoms with Crippen LogP contribution in [0.15, 0.2) is 24.3 Å². The van der Waals surface area contributed by atoms with Crippen LogP contribution in [0.2, 0.25) is 0 Å². The number of halogens is 2. The summed E-state index contributed by atoms with van der Waals surface area (Å²) in [5, 5.41) is 0.834. The molecule has 0 spiro atoms. The van der Waals surface area contributed by atoms with Crippen molar-refractivity contribution in [3.8, 4) is 0 Å². The van der Waals surface area contributed by atoms with Gasteiger partial charge in [-0.05, 0) is 32.4 Å². The van der Waals surface area contributed by atoms with Crippen LogP contribution in [0.25, 0.3) is 0 Å². The van der Waals surface area contributed by atoms with Gasteiger partial charge >= 0.3 is 0 Å². The topological polar surface area (TPSA) is 20.3 Å². The average molecular weight is 302 g/mol. The molecule has 1 amide bonds. The number of hydrogen-bond acceptors (Lipinski definition) is 1. The first-order chi connectivity index (χ1) is 8.07. The van der Waals surface area contributed by atoms with Gasteiger partial charge in [0.15, 0.2) is 0 Å². The van der Waals surface area contributed by atoms with Crippen molar-refractivity contribution in [3.63, 3.8) is 0 Å². The van der Waals surface area contributed by atoms with Gasteiger partial charge in [0, 0.05) is 17.9 Å². The molecular weight excluding hydrogens is 285 g/mol. The molecule has 0 fully saturated rings. The van der Waals surface area contributed by atoms with E-state index >= 15 is 0 Å². The zero-order valence-electron chi connectivity index (χ0n) is 10.1. The van der Waals surface area contributed by atoms with Gasteiger partial charge in [0.1, 0.15) is 5.82 Å². The normalized spacial score (nSPS) is 10.6. The zero-order chi connectivity index (χ0) is 12.8. The number of rotatable bonds is 5. The standard InChI is InChI=1S/C13H17BrFNO/c1-10(2)16(9-5-8-14)13(17)11-6-3-4-7-12(11)15/h3-4,6-7,10H,5,8-9H2,1-2H3. The number of alkyl halides is 1. The van der Waals surface area contributed by atoms with E-state index in [0.717, 1.165) is 11.8 Å². The molecule has 0 atom stereocenters. The van der Waals surface area contributed by atoms with Crippen LogP contribution in [0, 0.1) is 5.82 Å². The first-order valence-electron chi connectivity index (χ1n) is 5.69. The van der Waals surface area contributed by atoms with Crippen LogP contribution in [0.3, 0.4) is 0 Å². The van der Waals surface area contributed by atoms with Crippen molar-refractivity contribution in [3.05, 3.63) is 35.6 Å². The van der Waals surface area contributed by atoms with Gasteiger partial charge in [-0.2, -0.15) is 0 Å². The number of nitrogens with zero attached hydrogens (tertiary/aromatic N) is 1. The fraction of sp³-hybridized carbons (Fsp3) is 0.462. The number of carbonyl (C=O) groups excluding carboxylic acids is 1. The smallest absolute Gasteiger partial charge is 0.257 e. The molecule has 2 nitrogen and oxygen atoms in total. The minimum absolute atomic E-state index is 0.0705. The van der Waals surface area contributed by atoms with Crippen molar-refractivity contribution >= 4 is 21.8 Å². The lowest BCUT2D eigenvalue weighted by molar-refractivity contribution is 0.0702. The maximum atomic E-state index is 13.5. The second kappa shape index (κ2) is 6.74. The van der Waals surface area contributed by atoms with E-state index in [-0.39, 0.29) is 17.5 Å². The summed E-state index contributed by atoms with van der Waals surface area (Å²) in [6, 6.07) is 6.18. The minimum Gasteiger partial charge on any atom is -0.336 e. The van der Waals surface area contributed by atoms with Crippen LogP contribution in [0.1, 0.15) is 30.6 Å². The van der Waals surface area contributed by atoms with Crippen LogP contribution in [0.5, 0.6) is 0 Å². The highest BCUT2D eigenvalue weighted by Crippen LogP contribution is 2.13. The molecule has 0 saturated carbocycles. The van der Waals surface area contributed by atoms with E-state index in [1.54, 1.807) is 17.0 Å². The summed E-state index contributed by atoms with van der Waals surface area (Å²) in [4.78, 5) is 13.9. The number of hydrogen-bond donors (Lipinski definition) is 0. The first-order valence-corrected chi connectivity index (χ1v) is 6.81. The third-order valence-corrected chi connectivity index (χ3v) is 3.08. The van der Waals surface area contributed by atoms with Crippen LogP contribution in [-0.2, 0) is 0 Å². The lowest BCUT2D eigenvalue weighted by Crippen LogP contribution is -2.38. The molecule has 1 aromatic carbocycles. The van der Waals surface area contributed by atoms with Crippen LogP contribution in [-0.4, -0.2) is 28.7 Å². The second-order valence-corrected chi connectivity index (χ2v) is 4.91. The van der Waals surface area contributed by atoms with Crippen molar-refractivity contribution in [1.82, 2.24) is 4.90 Å². The summed E-state index contributed by atoms with van der Waals surface area (Å²) in [6.45, 7) is 4.51. The third kappa shape index (κ3) is 3.80. The van der Waals surface area contributed by atoms with E-state index in [4.69, 9.17) is 0 Å². The minimum atomic E-state index is -0.456. The monoisotopic (exact) mass is 301 g/mol. The van der Waals surface area contributed by atoms with E-state index in [1.165, 1.54) is 12.1 Å². The summed E-state index contributed by atoms with van der Waals surface area (Å²) in [6.07, 6.45) is 0.859. The van der Waals surface area contributed by atoms with Crippen LogP contribution in [0.4, 0.5) is 4.39 Å². The number of benzene rings is 1. The SMILES string of the molecule is CC(C)N(CCCBr)C(=O)c1ccccc1F. The summed E-state index contributed by atoms with van der Waals surface area (Å²) in [5.74, 6) is -0.693. The highest BCUT2D eigenvalue weighted by molar-refractivity contribution is 9.09. The number of carbonyl (C=O) groups is 1. The van der Waals surface area contributed by atoms with E-state index in [0.29, 0.717) is 6.54 Å². The molecule has 0 aliphatic rings. The molecule has 0 aliphatic heterocycles. The average Bonchev–Trinajstić information content (AvgIpc) is 2.29. The largest absolute Gasteiger partial charge is 0.336 e. The predicted molar refractivity (Wildman–Crippen MR) is 71.0 cm³/mol. The molecule has 94 valence electrons. The maximum Gasteiger partial charge on any atom is 0.257 e. The quantitative estimate of drug-likeness (QED) is 0.763. The van der Waals surface area contributed by atoms with Gasteiger partial charge in [-0.25, -0.2) is 4.39 Å². The summed E-state index contributed by atoms with van der Waals surface area (Å²) in [7, 11) is 0. The molecular formula is C13H17BrFNO. The van der Waals surface area contributed by atoms with Gasteiger partial charge in [0.2, 0.25) is 0 Å². The second-order valence-electron chi connectivity index (χ2n) is 4.11. The summed E-state index contributed by atoms with van der Waals surface area (Å²) >= 11 is 3.33. The van der Waals surface area contributed by atoms with E-state index in [1.807, 2.05) is 13.8 Å². The molecule has 0 heterocycles. The highest BCUT2D eigenvalue weighted by atomic mass is 79.9. The van der Waals surface area contributed by atoms with E-state index in [9.17, 15) is 9.18 Å². The van der Waals surface area contributed by atoms with E-state index in [2.05, 4.69) is 15.9 Å². The predicted octanol–water partition coefficient (Wildman–Crippen LogP) is 3.46. The van der Waals surface area contributed by atoms with Crippen molar-refractivity contribution in [2.75, 3.05) is 11.9 Å². The molecule has 0 bridgehead atoms. The fourth-order valence-corrected chi connectivity index (χ4v) is 1.86. The zero-order valence-corrected chi connectivity index (χ0v) is 11.7. The molecule has 4 heteroatoms. The molecule has 0 aliphatic carbocycles. The molecule has 0 saturated heterocycles.